The van der Waals surface area contributed by atoms with Crippen LogP contribution in [0.25, 0.3) is 0 Å². The minimum Gasteiger partial charge on any atom is -0.352 e. The molecule has 1 heterocycles. The molecule has 0 bridgehead atoms. The molecule has 1 N–H and O–H groups in total. The predicted molar refractivity (Wildman–Crippen MR) is 78.8 cm³/mol. The van der Waals surface area contributed by atoms with E-state index in [2.05, 4.69) is 15.3 Å². The van der Waals surface area contributed by atoms with Crippen molar-refractivity contribution in [1.82, 2.24) is 9.97 Å². The zero-order valence-electron chi connectivity index (χ0n) is 11.7. The van der Waals surface area contributed by atoms with Gasteiger partial charge in [-0.05, 0) is 19.1 Å². The van der Waals surface area contributed by atoms with Crippen molar-refractivity contribution in [2.45, 2.75) is 6.92 Å². The molecule has 108 valence electrons. The van der Waals surface area contributed by atoms with E-state index in [1.54, 1.807) is 24.3 Å². The largest absolute Gasteiger partial charge is 0.352 e. The van der Waals surface area contributed by atoms with Crippen LogP contribution in [0.5, 0.6) is 0 Å². The number of carbonyl (C=O) groups excluding carboxylic acids is 3. The highest BCUT2D eigenvalue weighted by atomic mass is 16.1. The van der Waals surface area contributed by atoms with Gasteiger partial charge in [-0.3, -0.25) is 14.4 Å². The van der Waals surface area contributed by atoms with Gasteiger partial charge >= 0.3 is 0 Å². The maximum absolute atomic E-state index is 12.4. The van der Waals surface area contributed by atoms with E-state index >= 15 is 0 Å². The molecule has 2 aromatic rings. The van der Waals surface area contributed by atoms with Crippen LogP contribution in [0.4, 0.5) is 5.69 Å². The molecule has 1 aliphatic rings. The van der Waals surface area contributed by atoms with E-state index in [0.29, 0.717) is 11.3 Å². The molecule has 0 atom stereocenters. The summed E-state index contributed by atoms with van der Waals surface area (Å²) < 4.78 is 0. The summed E-state index contributed by atoms with van der Waals surface area (Å²) in [5, 5.41) is 2.88. The fraction of sp³-hybridized carbons (Fsp3) is 0.0625. The lowest BCUT2D eigenvalue weighted by Gasteiger charge is -2.15. The molecular formula is C16H11N3O3. The van der Waals surface area contributed by atoms with Gasteiger partial charge in [0, 0.05) is 23.5 Å². The van der Waals surface area contributed by atoms with E-state index in [9.17, 15) is 14.4 Å². The zero-order valence-corrected chi connectivity index (χ0v) is 11.7. The van der Waals surface area contributed by atoms with Crippen molar-refractivity contribution in [3.63, 3.8) is 0 Å². The minimum absolute atomic E-state index is 0.0811. The number of nitrogens with zero attached hydrogens (tertiary/aromatic N) is 2. The minimum atomic E-state index is -0.359. The molecule has 0 saturated heterocycles. The quantitative estimate of drug-likeness (QED) is 0.871. The molecule has 1 aliphatic carbocycles. The zero-order chi connectivity index (χ0) is 15.7. The van der Waals surface area contributed by atoms with E-state index in [1.807, 2.05) is 0 Å². The molecule has 3 rings (SSSR count). The Hall–Kier alpha value is -3.15. The third-order valence-corrected chi connectivity index (χ3v) is 3.26. The first-order chi connectivity index (χ1) is 10.6. The third-order valence-electron chi connectivity index (χ3n) is 3.26. The van der Waals surface area contributed by atoms with Gasteiger partial charge in [0.05, 0.1) is 11.3 Å². The second-order valence-electron chi connectivity index (χ2n) is 4.80. The number of fused-ring (bicyclic) bond motifs is 1. The monoisotopic (exact) mass is 293 g/mol. The number of hydrogen-bond donors (Lipinski definition) is 1. The predicted octanol–water partition coefficient (Wildman–Crippen LogP) is 2.05. The van der Waals surface area contributed by atoms with Crippen LogP contribution in [-0.2, 0) is 0 Å². The first-order valence-electron chi connectivity index (χ1n) is 6.55. The summed E-state index contributed by atoms with van der Waals surface area (Å²) in [5.74, 6) is -0.798. The number of rotatable bonds is 3. The Balaban J connectivity index is 1.94. The van der Waals surface area contributed by atoms with Gasteiger partial charge in [-0.2, -0.15) is 0 Å². The van der Waals surface area contributed by atoms with Gasteiger partial charge in [0.1, 0.15) is 12.0 Å². The standard InChI is InChI=1S/C16H11N3O3/c1-9(20)10-3-2-4-11(5-10)19-13-6-14(21)15-12(16(13)22)7-17-8-18-15/h2-8,19H,1H3. The number of hydrogen-bond acceptors (Lipinski definition) is 6. The van der Waals surface area contributed by atoms with Crippen molar-refractivity contribution in [2.75, 3.05) is 5.32 Å². The third kappa shape index (κ3) is 2.42. The van der Waals surface area contributed by atoms with Gasteiger partial charge in [-0.1, -0.05) is 12.1 Å². The highest BCUT2D eigenvalue weighted by Crippen LogP contribution is 2.21. The molecule has 0 unspecified atom stereocenters. The molecule has 6 nitrogen and oxygen atoms in total. The number of carbonyl (C=O) groups is 3. The maximum Gasteiger partial charge on any atom is 0.213 e. The highest BCUT2D eigenvalue weighted by molar-refractivity contribution is 6.24. The summed E-state index contributed by atoms with van der Waals surface area (Å²) in [6.45, 7) is 1.46. The number of Topliss-reactive ketones (excluding diaryl/α,β-unsaturated/α-hetero) is 2. The van der Waals surface area contributed by atoms with E-state index in [0.717, 1.165) is 0 Å². The van der Waals surface area contributed by atoms with E-state index in [-0.39, 0.29) is 34.3 Å². The lowest BCUT2D eigenvalue weighted by Crippen LogP contribution is -2.23. The van der Waals surface area contributed by atoms with Crippen LogP contribution in [0.3, 0.4) is 0 Å². The van der Waals surface area contributed by atoms with Crippen molar-refractivity contribution >= 4 is 23.0 Å². The van der Waals surface area contributed by atoms with Crippen LogP contribution in [0, 0.1) is 0 Å². The number of aromatic nitrogens is 2. The maximum atomic E-state index is 12.4. The number of nitrogens with one attached hydrogen (secondary N) is 1. The van der Waals surface area contributed by atoms with Crippen molar-refractivity contribution in [2.24, 2.45) is 0 Å². The Morgan fingerprint density at radius 2 is 2.05 bits per heavy atom. The first-order valence-corrected chi connectivity index (χ1v) is 6.55. The van der Waals surface area contributed by atoms with Crippen LogP contribution in [-0.4, -0.2) is 27.3 Å². The Morgan fingerprint density at radius 3 is 2.82 bits per heavy atom. The summed E-state index contributed by atoms with van der Waals surface area (Å²) in [5.41, 5.74) is 1.47. The fourth-order valence-corrected chi connectivity index (χ4v) is 2.17. The summed E-state index contributed by atoms with van der Waals surface area (Å²) in [7, 11) is 0. The Labute approximate surface area is 125 Å². The molecule has 1 aromatic carbocycles. The second-order valence-corrected chi connectivity index (χ2v) is 4.80. The number of allylic oxidation sites excluding steroid dienone is 2. The van der Waals surface area contributed by atoms with Crippen molar-refractivity contribution in [3.8, 4) is 0 Å². The molecule has 0 amide bonds. The SMILES string of the molecule is CC(=O)c1cccc(NC2=CC(=O)c3ncncc3C2=O)c1. The van der Waals surface area contributed by atoms with Crippen molar-refractivity contribution in [3.05, 3.63) is 65.4 Å². The summed E-state index contributed by atoms with van der Waals surface area (Å²) in [4.78, 5) is 43.3. The fourth-order valence-electron chi connectivity index (χ4n) is 2.17. The average molecular weight is 293 g/mol. The molecule has 0 fully saturated rings. The molecular weight excluding hydrogens is 282 g/mol. The van der Waals surface area contributed by atoms with Gasteiger partial charge in [-0.15, -0.1) is 0 Å². The highest BCUT2D eigenvalue weighted by Gasteiger charge is 2.27. The molecule has 0 aliphatic heterocycles. The smallest absolute Gasteiger partial charge is 0.213 e. The number of ketones is 3. The number of anilines is 1. The Morgan fingerprint density at radius 1 is 1.23 bits per heavy atom. The lowest BCUT2D eigenvalue weighted by atomic mass is 9.98. The molecule has 0 saturated carbocycles. The number of benzene rings is 1. The van der Waals surface area contributed by atoms with Crippen molar-refractivity contribution < 1.29 is 14.4 Å². The normalized spacial score (nSPS) is 13.4. The van der Waals surface area contributed by atoms with Crippen LogP contribution >= 0.6 is 0 Å². The average Bonchev–Trinajstić information content (AvgIpc) is 2.52. The Kier molecular flexibility index (Phi) is 3.34. The van der Waals surface area contributed by atoms with Gasteiger partial charge in [0.15, 0.2) is 5.78 Å². The molecule has 22 heavy (non-hydrogen) atoms. The van der Waals surface area contributed by atoms with E-state index in [1.165, 1.54) is 25.5 Å². The second kappa shape index (κ2) is 5.33. The van der Waals surface area contributed by atoms with Gasteiger partial charge in [0.2, 0.25) is 11.6 Å². The lowest BCUT2D eigenvalue weighted by molar-refractivity contribution is 0.0981. The molecule has 6 heteroatoms. The molecule has 1 aromatic heterocycles. The van der Waals surface area contributed by atoms with Crippen LogP contribution in [0.1, 0.15) is 38.1 Å². The van der Waals surface area contributed by atoms with Crippen LogP contribution in [0.2, 0.25) is 0 Å². The van der Waals surface area contributed by atoms with Crippen LogP contribution in [0.15, 0.2) is 48.6 Å². The summed E-state index contributed by atoms with van der Waals surface area (Å²) in [6, 6.07) is 6.71. The van der Waals surface area contributed by atoms with E-state index < -0.39 is 0 Å². The van der Waals surface area contributed by atoms with Gasteiger partial charge in [-0.25, -0.2) is 9.97 Å². The van der Waals surface area contributed by atoms with E-state index in [4.69, 9.17) is 0 Å². The summed E-state index contributed by atoms with van der Waals surface area (Å²) >= 11 is 0. The molecule has 0 radical (unpaired) electrons. The van der Waals surface area contributed by atoms with Crippen molar-refractivity contribution in [1.29, 1.82) is 0 Å². The Bertz CT molecular complexity index is 840. The summed E-state index contributed by atoms with van der Waals surface area (Å²) in [6.07, 6.45) is 3.76. The van der Waals surface area contributed by atoms with Crippen LogP contribution < -0.4 is 5.32 Å². The molecule has 0 spiro atoms. The van der Waals surface area contributed by atoms with Gasteiger partial charge in [0.25, 0.3) is 0 Å². The van der Waals surface area contributed by atoms with Gasteiger partial charge < -0.3 is 5.32 Å². The topological polar surface area (TPSA) is 89.0 Å². The first kappa shape index (κ1) is 13.8.